The molecule has 0 radical (unpaired) electrons. The molecule has 1 heterocycles. The van der Waals surface area contributed by atoms with Crippen molar-refractivity contribution in [2.24, 2.45) is 0 Å². The summed E-state index contributed by atoms with van der Waals surface area (Å²) in [5, 5.41) is 1.92. The van der Waals surface area contributed by atoms with Gasteiger partial charge in [-0.1, -0.05) is 18.7 Å². The molecular weight excluding hydrogens is 312 g/mol. The van der Waals surface area contributed by atoms with Gasteiger partial charge in [0, 0.05) is 16.5 Å². The average molecular weight is 328 g/mol. The van der Waals surface area contributed by atoms with E-state index in [0.29, 0.717) is 17.9 Å². The third-order valence-electron chi connectivity index (χ3n) is 2.73. The number of carbonyl (C=O) groups is 2. The van der Waals surface area contributed by atoms with Crippen LogP contribution in [0.25, 0.3) is 6.08 Å². The standard InChI is InChI=1S/C17H16N2O3S/c1-2-11-22-14-7-5-13(6-8-14)17(21)19-18-16(20)10-9-15-4-3-12-23-15/h2-10,12H,1,11H2,(H,18,20)(H,19,21). The Morgan fingerprint density at radius 2 is 1.96 bits per heavy atom. The zero-order chi connectivity index (χ0) is 16.5. The molecule has 0 saturated heterocycles. The van der Waals surface area contributed by atoms with Crippen molar-refractivity contribution in [1.82, 2.24) is 10.9 Å². The Labute approximate surface area is 138 Å². The van der Waals surface area contributed by atoms with E-state index in [1.54, 1.807) is 36.4 Å². The van der Waals surface area contributed by atoms with E-state index < -0.39 is 11.8 Å². The van der Waals surface area contributed by atoms with Crippen molar-refractivity contribution < 1.29 is 14.3 Å². The predicted octanol–water partition coefficient (Wildman–Crippen LogP) is 2.79. The van der Waals surface area contributed by atoms with Crippen molar-refractivity contribution in [2.75, 3.05) is 6.61 Å². The minimum atomic E-state index is -0.405. The monoisotopic (exact) mass is 328 g/mol. The lowest BCUT2D eigenvalue weighted by atomic mass is 10.2. The Morgan fingerprint density at radius 3 is 2.61 bits per heavy atom. The predicted molar refractivity (Wildman–Crippen MR) is 91.1 cm³/mol. The van der Waals surface area contributed by atoms with Crippen molar-refractivity contribution in [3.05, 3.63) is 70.9 Å². The number of thiophene rings is 1. The molecular formula is C17H16N2O3S. The molecule has 0 saturated carbocycles. The van der Waals surface area contributed by atoms with Gasteiger partial charge < -0.3 is 4.74 Å². The topological polar surface area (TPSA) is 67.4 Å². The fourth-order valence-electron chi connectivity index (χ4n) is 1.63. The van der Waals surface area contributed by atoms with Crippen LogP contribution in [0.4, 0.5) is 0 Å². The van der Waals surface area contributed by atoms with Gasteiger partial charge >= 0.3 is 0 Å². The highest BCUT2D eigenvalue weighted by atomic mass is 32.1. The number of hydrogen-bond donors (Lipinski definition) is 2. The normalized spacial score (nSPS) is 10.3. The molecule has 0 unspecified atom stereocenters. The largest absolute Gasteiger partial charge is 0.490 e. The van der Waals surface area contributed by atoms with Crippen LogP contribution in [0, 0.1) is 0 Å². The van der Waals surface area contributed by atoms with Gasteiger partial charge in [-0.05, 0) is 41.8 Å². The SMILES string of the molecule is C=CCOc1ccc(C(=O)NNC(=O)C=Cc2cccs2)cc1. The molecule has 118 valence electrons. The van der Waals surface area contributed by atoms with Gasteiger partial charge in [-0.15, -0.1) is 11.3 Å². The lowest BCUT2D eigenvalue weighted by Crippen LogP contribution is -2.40. The first-order valence-corrected chi connectivity index (χ1v) is 7.72. The maximum Gasteiger partial charge on any atom is 0.269 e. The van der Waals surface area contributed by atoms with Gasteiger partial charge in [-0.2, -0.15) is 0 Å². The Bertz CT molecular complexity index is 691. The molecule has 2 N–H and O–H groups in total. The third-order valence-corrected chi connectivity index (χ3v) is 3.56. The van der Waals surface area contributed by atoms with Gasteiger partial charge in [0.2, 0.25) is 0 Å². The minimum Gasteiger partial charge on any atom is -0.490 e. The maximum atomic E-state index is 11.9. The second-order valence-electron chi connectivity index (χ2n) is 4.42. The lowest BCUT2D eigenvalue weighted by Gasteiger charge is -2.07. The molecule has 0 bridgehead atoms. The summed E-state index contributed by atoms with van der Waals surface area (Å²) in [6.45, 7) is 3.96. The zero-order valence-electron chi connectivity index (χ0n) is 12.3. The van der Waals surface area contributed by atoms with Gasteiger partial charge in [0.15, 0.2) is 0 Å². The van der Waals surface area contributed by atoms with Crippen LogP contribution in [0.1, 0.15) is 15.2 Å². The molecule has 1 aromatic carbocycles. The molecule has 0 spiro atoms. The summed E-state index contributed by atoms with van der Waals surface area (Å²) in [6.07, 6.45) is 4.68. The number of ether oxygens (including phenoxy) is 1. The highest BCUT2D eigenvalue weighted by Crippen LogP contribution is 2.12. The summed E-state index contributed by atoms with van der Waals surface area (Å²) in [5.41, 5.74) is 5.09. The highest BCUT2D eigenvalue weighted by Gasteiger charge is 2.06. The number of hydrogen-bond acceptors (Lipinski definition) is 4. The van der Waals surface area contributed by atoms with Crippen molar-refractivity contribution in [3.8, 4) is 5.75 Å². The van der Waals surface area contributed by atoms with E-state index in [2.05, 4.69) is 17.4 Å². The molecule has 2 rings (SSSR count). The molecule has 0 aliphatic heterocycles. The van der Waals surface area contributed by atoms with E-state index in [1.165, 1.54) is 17.4 Å². The molecule has 23 heavy (non-hydrogen) atoms. The van der Waals surface area contributed by atoms with Crippen molar-refractivity contribution in [1.29, 1.82) is 0 Å². The summed E-state index contributed by atoms with van der Waals surface area (Å²) in [6, 6.07) is 10.4. The van der Waals surface area contributed by atoms with Crippen molar-refractivity contribution in [2.45, 2.75) is 0 Å². The lowest BCUT2D eigenvalue weighted by molar-refractivity contribution is -0.117. The summed E-state index contributed by atoms with van der Waals surface area (Å²) >= 11 is 1.52. The van der Waals surface area contributed by atoms with Gasteiger partial charge in [0.1, 0.15) is 12.4 Å². The maximum absolute atomic E-state index is 11.9. The number of carbonyl (C=O) groups excluding carboxylic acids is 2. The molecule has 2 amide bonds. The average Bonchev–Trinajstić information content (AvgIpc) is 3.10. The van der Waals surface area contributed by atoms with Crippen LogP contribution in [0.15, 0.2) is 60.5 Å². The Balaban J connectivity index is 1.82. The van der Waals surface area contributed by atoms with Gasteiger partial charge in [0.25, 0.3) is 11.8 Å². The van der Waals surface area contributed by atoms with Crippen LogP contribution in [0.5, 0.6) is 5.75 Å². The van der Waals surface area contributed by atoms with Crippen LogP contribution in [-0.4, -0.2) is 18.4 Å². The smallest absolute Gasteiger partial charge is 0.269 e. The van der Waals surface area contributed by atoms with Crippen LogP contribution >= 0.6 is 11.3 Å². The fraction of sp³-hybridized carbons (Fsp3) is 0.0588. The van der Waals surface area contributed by atoms with Gasteiger partial charge in [0.05, 0.1) is 0 Å². The Hall–Kier alpha value is -2.86. The number of hydrazine groups is 1. The van der Waals surface area contributed by atoms with Crippen LogP contribution < -0.4 is 15.6 Å². The molecule has 1 aromatic heterocycles. The molecule has 0 aliphatic rings. The first kappa shape index (κ1) is 16.5. The minimum absolute atomic E-state index is 0.401. The van der Waals surface area contributed by atoms with Crippen molar-refractivity contribution in [3.63, 3.8) is 0 Å². The second kappa shape index (κ2) is 8.55. The second-order valence-corrected chi connectivity index (χ2v) is 5.40. The number of benzene rings is 1. The van der Waals surface area contributed by atoms with E-state index in [1.807, 2.05) is 17.5 Å². The van der Waals surface area contributed by atoms with E-state index in [0.717, 1.165) is 4.88 Å². The molecule has 2 aromatic rings. The van der Waals surface area contributed by atoms with Crippen LogP contribution in [0.3, 0.4) is 0 Å². The quantitative estimate of drug-likeness (QED) is 0.487. The molecule has 0 aliphatic carbocycles. The van der Waals surface area contributed by atoms with Crippen molar-refractivity contribution >= 4 is 29.2 Å². The molecule has 5 nitrogen and oxygen atoms in total. The highest BCUT2D eigenvalue weighted by molar-refractivity contribution is 7.10. The number of nitrogens with one attached hydrogen (secondary N) is 2. The van der Waals surface area contributed by atoms with E-state index in [-0.39, 0.29) is 0 Å². The van der Waals surface area contributed by atoms with Crippen LogP contribution in [-0.2, 0) is 4.79 Å². The summed E-state index contributed by atoms with van der Waals surface area (Å²) in [4.78, 5) is 24.5. The van der Waals surface area contributed by atoms with Gasteiger partial charge in [-0.3, -0.25) is 20.4 Å². The Morgan fingerprint density at radius 1 is 1.17 bits per heavy atom. The zero-order valence-corrected chi connectivity index (χ0v) is 13.1. The Kier molecular flexibility index (Phi) is 6.14. The summed E-state index contributed by atoms with van der Waals surface area (Å²) < 4.78 is 5.33. The molecule has 0 fully saturated rings. The molecule has 6 heteroatoms. The first-order valence-electron chi connectivity index (χ1n) is 6.84. The summed E-state index contributed by atoms with van der Waals surface area (Å²) in [5.74, 6) is -0.166. The number of amides is 2. The third kappa shape index (κ3) is 5.44. The fourth-order valence-corrected chi connectivity index (χ4v) is 2.25. The molecule has 0 atom stereocenters. The van der Waals surface area contributed by atoms with E-state index in [4.69, 9.17) is 4.74 Å². The van der Waals surface area contributed by atoms with Crippen LogP contribution in [0.2, 0.25) is 0 Å². The summed E-state index contributed by atoms with van der Waals surface area (Å²) in [7, 11) is 0. The van der Waals surface area contributed by atoms with E-state index >= 15 is 0 Å². The number of rotatable bonds is 6. The van der Waals surface area contributed by atoms with Gasteiger partial charge in [-0.25, -0.2) is 0 Å². The first-order chi connectivity index (χ1) is 11.2. The van der Waals surface area contributed by atoms with E-state index in [9.17, 15) is 9.59 Å².